The fourth-order valence-electron chi connectivity index (χ4n) is 3.87. The van der Waals surface area contributed by atoms with Crippen molar-refractivity contribution in [2.75, 3.05) is 0 Å². The van der Waals surface area contributed by atoms with Crippen LogP contribution in [0.4, 0.5) is 0 Å². The second-order valence-corrected chi connectivity index (χ2v) is 6.57. The van der Waals surface area contributed by atoms with E-state index in [1.807, 2.05) is 12.1 Å². The molecule has 0 saturated heterocycles. The Morgan fingerprint density at radius 3 is 2.00 bits per heavy atom. The Kier molecular flexibility index (Phi) is 2.99. The molecule has 0 N–H and O–H groups in total. The second-order valence-electron chi connectivity index (χ2n) is 6.57. The summed E-state index contributed by atoms with van der Waals surface area (Å²) >= 11 is 0. The van der Waals surface area contributed by atoms with Gasteiger partial charge in [0.25, 0.3) is 0 Å². The molecule has 0 unspecified atom stereocenters. The molecule has 1 nitrogen and oxygen atoms in total. The van der Waals surface area contributed by atoms with Crippen LogP contribution in [0.5, 0.6) is 0 Å². The van der Waals surface area contributed by atoms with Crippen molar-refractivity contribution in [1.29, 1.82) is 5.26 Å². The largest absolute Gasteiger partial charge is 0.192 e. The van der Waals surface area contributed by atoms with Crippen LogP contribution in [0.2, 0.25) is 0 Å². The third kappa shape index (κ3) is 2.16. The van der Waals surface area contributed by atoms with Crippen LogP contribution in [-0.2, 0) is 6.42 Å². The third-order valence-corrected chi connectivity index (χ3v) is 5.10. The molecule has 0 aliphatic rings. The van der Waals surface area contributed by atoms with Crippen molar-refractivity contribution in [3.63, 3.8) is 0 Å². The normalized spacial score (nSPS) is 11.3. The van der Waals surface area contributed by atoms with E-state index < -0.39 is 0 Å². The van der Waals surface area contributed by atoms with Gasteiger partial charge in [-0.1, -0.05) is 66.7 Å². The number of nitriles is 1. The van der Waals surface area contributed by atoms with Gasteiger partial charge in [-0.2, -0.15) is 5.26 Å². The van der Waals surface area contributed by atoms with Crippen molar-refractivity contribution in [3.8, 4) is 6.07 Å². The first-order chi connectivity index (χ1) is 12.3. The molecule has 116 valence electrons. The summed E-state index contributed by atoms with van der Waals surface area (Å²) in [5, 5.41) is 16.9. The Hall–Kier alpha value is -3.37. The van der Waals surface area contributed by atoms with Gasteiger partial charge < -0.3 is 0 Å². The summed E-state index contributed by atoms with van der Waals surface area (Å²) in [5.74, 6) is 0. The van der Waals surface area contributed by atoms with Crippen LogP contribution < -0.4 is 0 Å². The van der Waals surface area contributed by atoms with Crippen molar-refractivity contribution in [2.45, 2.75) is 6.42 Å². The lowest BCUT2D eigenvalue weighted by molar-refractivity contribution is 1.21. The zero-order valence-electron chi connectivity index (χ0n) is 13.7. The summed E-state index contributed by atoms with van der Waals surface area (Å²) in [7, 11) is 0. The summed E-state index contributed by atoms with van der Waals surface area (Å²) in [6, 6.07) is 30.0. The molecule has 0 aliphatic carbocycles. The minimum atomic E-state index is 0.708. The van der Waals surface area contributed by atoms with Gasteiger partial charge in [0.2, 0.25) is 0 Å². The summed E-state index contributed by atoms with van der Waals surface area (Å²) in [6.07, 6.45) is 0.875. The fourth-order valence-corrected chi connectivity index (χ4v) is 3.87. The molecule has 0 aromatic heterocycles. The van der Waals surface area contributed by atoms with Gasteiger partial charge in [0.1, 0.15) is 0 Å². The number of hydrogen-bond donors (Lipinski definition) is 0. The first-order valence-corrected chi connectivity index (χ1v) is 8.48. The van der Waals surface area contributed by atoms with Crippen molar-refractivity contribution in [2.24, 2.45) is 0 Å². The van der Waals surface area contributed by atoms with E-state index in [4.69, 9.17) is 5.26 Å². The molecule has 0 amide bonds. The second kappa shape index (κ2) is 5.33. The zero-order chi connectivity index (χ0) is 16.8. The average molecular weight is 317 g/mol. The van der Waals surface area contributed by atoms with E-state index in [0.717, 1.165) is 6.42 Å². The monoisotopic (exact) mass is 317 g/mol. The topological polar surface area (TPSA) is 23.8 Å². The first-order valence-electron chi connectivity index (χ1n) is 8.48. The van der Waals surface area contributed by atoms with Crippen LogP contribution >= 0.6 is 0 Å². The van der Waals surface area contributed by atoms with Gasteiger partial charge in [0, 0.05) is 0 Å². The van der Waals surface area contributed by atoms with Crippen molar-refractivity contribution in [3.05, 3.63) is 95.6 Å². The summed E-state index contributed by atoms with van der Waals surface area (Å²) < 4.78 is 0. The third-order valence-electron chi connectivity index (χ3n) is 5.10. The molecule has 5 aromatic carbocycles. The maximum atomic E-state index is 8.97. The highest BCUT2D eigenvalue weighted by Gasteiger charge is 2.10. The molecule has 5 rings (SSSR count). The van der Waals surface area contributed by atoms with Gasteiger partial charge >= 0.3 is 0 Å². The van der Waals surface area contributed by atoms with Crippen molar-refractivity contribution in [1.82, 2.24) is 0 Å². The molecule has 0 radical (unpaired) electrons. The summed E-state index contributed by atoms with van der Waals surface area (Å²) in [5.41, 5.74) is 3.27. The molecule has 1 heteroatoms. The number of hydrogen-bond acceptors (Lipinski definition) is 1. The predicted octanol–water partition coefficient (Wildman–Crippen LogP) is 6.05. The SMILES string of the molecule is N#Cc1ccc(Cc2ccc3ccc4cccc5ccc2c3c45)cc1. The molecule has 0 fully saturated rings. The van der Waals surface area contributed by atoms with Crippen LogP contribution in [0.3, 0.4) is 0 Å². The highest BCUT2D eigenvalue weighted by Crippen LogP contribution is 2.36. The zero-order valence-corrected chi connectivity index (χ0v) is 13.7. The summed E-state index contributed by atoms with van der Waals surface area (Å²) in [6.45, 7) is 0. The van der Waals surface area contributed by atoms with Crippen LogP contribution in [0, 0.1) is 11.3 Å². The van der Waals surface area contributed by atoms with Gasteiger partial charge in [-0.3, -0.25) is 0 Å². The lowest BCUT2D eigenvalue weighted by atomic mass is 9.90. The van der Waals surface area contributed by atoms with E-state index in [1.165, 1.54) is 43.4 Å². The molecule has 0 spiro atoms. The Morgan fingerprint density at radius 1 is 0.640 bits per heavy atom. The quantitative estimate of drug-likeness (QED) is 0.364. The smallest absolute Gasteiger partial charge is 0.0991 e. The van der Waals surface area contributed by atoms with Crippen LogP contribution in [-0.4, -0.2) is 0 Å². The number of nitrogens with zero attached hydrogens (tertiary/aromatic N) is 1. The molecule has 0 aliphatic heterocycles. The highest BCUT2D eigenvalue weighted by atomic mass is 14.2. The Balaban J connectivity index is 1.74. The van der Waals surface area contributed by atoms with Gasteiger partial charge in [0.15, 0.2) is 0 Å². The van der Waals surface area contributed by atoms with E-state index in [2.05, 4.69) is 72.8 Å². The highest BCUT2D eigenvalue weighted by molar-refractivity contribution is 6.23. The molecule has 25 heavy (non-hydrogen) atoms. The van der Waals surface area contributed by atoms with Crippen LogP contribution in [0.25, 0.3) is 32.3 Å². The standard InChI is InChI=1S/C24H15N/c25-15-17-6-4-16(5-7-17)14-21-11-10-20-9-8-18-2-1-3-19-12-13-22(21)24(20)23(18)19/h1-13H,14H2. The van der Waals surface area contributed by atoms with Gasteiger partial charge in [-0.25, -0.2) is 0 Å². The lowest BCUT2D eigenvalue weighted by Gasteiger charge is -2.14. The van der Waals surface area contributed by atoms with Gasteiger partial charge in [0.05, 0.1) is 11.6 Å². The van der Waals surface area contributed by atoms with E-state index in [0.29, 0.717) is 5.56 Å². The molecular formula is C24H15N. The Labute approximate surface area is 146 Å². The first kappa shape index (κ1) is 14.0. The lowest BCUT2D eigenvalue weighted by Crippen LogP contribution is -1.92. The fraction of sp³-hybridized carbons (Fsp3) is 0.0417. The Morgan fingerprint density at radius 2 is 1.28 bits per heavy atom. The van der Waals surface area contributed by atoms with E-state index in [9.17, 15) is 0 Å². The van der Waals surface area contributed by atoms with Crippen LogP contribution in [0.1, 0.15) is 16.7 Å². The number of rotatable bonds is 2. The maximum Gasteiger partial charge on any atom is 0.0991 e. The van der Waals surface area contributed by atoms with Crippen molar-refractivity contribution < 1.29 is 0 Å². The van der Waals surface area contributed by atoms with Crippen LogP contribution in [0.15, 0.2) is 78.9 Å². The molecule has 0 bridgehead atoms. The molecule has 5 aromatic rings. The minimum Gasteiger partial charge on any atom is -0.192 e. The molecule has 0 heterocycles. The van der Waals surface area contributed by atoms with Gasteiger partial charge in [-0.05, 0) is 62.0 Å². The molecule has 0 atom stereocenters. The Bertz CT molecular complexity index is 1240. The van der Waals surface area contributed by atoms with E-state index in [1.54, 1.807) is 0 Å². The van der Waals surface area contributed by atoms with Gasteiger partial charge in [-0.15, -0.1) is 0 Å². The minimum absolute atomic E-state index is 0.708. The summed E-state index contributed by atoms with van der Waals surface area (Å²) in [4.78, 5) is 0. The molecular weight excluding hydrogens is 302 g/mol. The predicted molar refractivity (Wildman–Crippen MR) is 104 cm³/mol. The van der Waals surface area contributed by atoms with E-state index in [-0.39, 0.29) is 0 Å². The number of benzene rings is 5. The van der Waals surface area contributed by atoms with E-state index >= 15 is 0 Å². The maximum absolute atomic E-state index is 8.97. The average Bonchev–Trinajstić information content (AvgIpc) is 2.68. The molecule has 0 saturated carbocycles. The van der Waals surface area contributed by atoms with Crippen molar-refractivity contribution >= 4 is 32.3 Å².